The van der Waals surface area contributed by atoms with Crippen molar-refractivity contribution in [2.24, 2.45) is 0 Å². The highest BCUT2D eigenvalue weighted by Gasteiger charge is 2.21. The van der Waals surface area contributed by atoms with Gasteiger partial charge in [-0.25, -0.2) is 4.98 Å². The summed E-state index contributed by atoms with van der Waals surface area (Å²) < 4.78 is 17.0. The van der Waals surface area contributed by atoms with E-state index < -0.39 is 0 Å². The Balaban J connectivity index is 1.36. The number of rotatable bonds is 11. The first-order valence-electron chi connectivity index (χ1n) is 10.7. The second-order valence-electron chi connectivity index (χ2n) is 7.62. The van der Waals surface area contributed by atoms with Crippen LogP contribution in [0.5, 0.6) is 11.5 Å². The molecule has 2 aromatic heterocycles. The minimum Gasteiger partial charge on any atom is -0.454 e. The zero-order valence-corrected chi connectivity index (χ0v) is 19.1. The van der Waals surface area contributed by atoms with Crippen LogP contribution in [-0.4, -0.2) is 68.5 Å². The third kappa shape index (κ3) is 5.13. The first-order valence-corrected chi connectivity index (χ1v) is 11.5. The Morgan fingerprint density at radius 3 is 2.74 bits per heavy atom. The summed E-state index contributed by atoms with van der Waals surface area (Å²) >= 11 is 1.42. The fraction of sp³-hybridized carbons (Fsp3) is 0.524. The van der Waals surface area contributed by atoms with Crippen LogP contribution >= 0.6 is 11.5 Å². The van der Waals surface area contributed by atoms with E-state index in [1.165, 1.54) is 23.4 Å². The van der Waals surface area contributed by atoms with Gasteiger partial charge in [0.05, 0.1) is 0 Å². The summed E-state index contributed by atoms with van der Waals surface area (Å²) in [6.45, 7) is 7.58. The lowest BCUT2D eigenvalue weighted by atomic mass is 10.1. The molecule has 0 spiro atoms. The predicted molar refractivity (Wildman–Crippen MR) is 120 cm³/mol. The maximum atomic E-state index is 5.49. The average molecular weight is 444 g/mol. The maximum absolute atomic E-state index is 5.49. The third-order valence-corrected chi connectivity index (χ3v) is 6.34. The van der Waals surface area contributed by atoms with Crippen LogP contribution in [0.15, 0.2) is 30.9 Å². The number of aromatic nitrogens is 5. The summed E-state index contributed by atoms with van der Waals surface area (Å²) in [6, 6.07) is 6.62. The molecule has 3 aromatic rings. The Hall–Kier alpha value is -2.72. The number of likely N-dealkylation sites (N-methyl/N-ethyl adjacent to an activating group) is 1. The van der Waals surface area contributed by atoms with Crippen molar-refractivity contribution in [1.29, 1.82) is 0 Å². The van der Waals surface area contributed by atoms with Crippen LogP contribution in [0, 0.1) is 0 Å². The zero-order chi connectivity index (χ0) is 21.6. The molecule has 0 saturated heterocycles. The van der Waals surface area contributed by atoms with Crippen LogP contribution in [0.2, 0.25) is 0 Å². The summed E-state index contributed by atoms with van der Waals surface area (Å²) in [5.74, 6) is 2.25. The number of nitrogens with zero attached hydrogens (tertiary/aromatic N) is 7. The largest absolute Gasteiger partial charge is 0.454 e. The van der Waals surface area contributed by atoms with Crippen molar-refractivity contribution in [1.82, 2.24) is 29.0 Å². The molecule has 0 radical (unpaired) electrons. The summed E-state index contributed by atoms with van der Waals surface area (Å²) in [7, 11) is 2.17. The molecule has 0 atom stereocenters. The molecule has 0 bridgehead atoms. The minimum absolute atomic E-state index is 0.314. The van der Waals surface area contributed by atoms with Crippen molar-refractivity contribution in [2.75, 3.05) is 38.4 Å². The van der Waals surface area contributed by atoms with Crippen LogP contribution in [0.3, 0.4) is 0 Å². The molecule has 31 heavy (non-hydrogen) atoms. The van der Waals surface area contributed by atoms with Crippen molar-refractivity contribution >= 4 is 16.7 Å². The number of hydrogen-bond acceptors (Lipinski definition) is 9. The van der Waals surface area contributed by atoms with Gasteiger partial charge in [0.1, 0.15) is 12.7 Å². The van der Waals surface area contributed by atoms with Crippen LogP contribution in [0.4, 0.5) is 5.13 Å². The van der Waals surface area contributed by atoms with Gasteiger partial charge in [-0.3, -0.25) is 0 Å². The molecule has 0 saturated carbocycles. The minimum atomic E-state index is 0.314. The Kier molecular flexibility index (Phi) is 6.98. The lowest BCUT2D eigenvalue weighted by molar-refractivity contribution is 0.174. The highest BCUT2D eigenvalue weighted by Crippen LogP contribution is 2.32. The lowest BCUT2D eigenvalue weighted by Crippen LogP contribution is -2.40. The highest BCUT2D eigenvalue weighted by molar-refractivity contribution is 7.09. The molecular weight excluding hydrogens is 414 g/mol. The van der Waals surface area contributed by atoms with Gasteiger partial charge in [-0.2, -0.15) is 14.8 Å². The highest BCUT2D eigenvalue weighted by atomic mass is 32.1. The Bertz CT molecular complexity index is 959. The lowest BCUT2D eigenvalue weighted by Gasteiger charge is -2.31. The zero-order valence-electron chi connectivity index (χ0n) is 18.3. The van der Waals surface area contributed by atoms with Gasteiger partial charge < -0.3 is 19.3 Å². The van der Waals surface area contributed by atoms with Crippen molar-refractivity contribution in [2.45, 2.75) is 39.2 Å². The average Bonchev–Trinajstić information content (AvgIpc) is 3.55. The van der Waals surface area contributed by atoms with E-state index in [1.807, 2.05) is 6.07 Å². The molecular formula is C21H29N7O2S. The number of hydrogen-bond donors (Lipinski definition) is 0. The molecule has 0 unspecified atom stereocenters. The standard InChI is InChI=1S/C21H29N7O2S/c1-4-17(5-2)27(21-24-20(25-31-21)28-14-22-13-23-28)11-10-26(3)9-8-16-6-7-18-19(12-16)30-15-29-18/h6-7,12-14,17H,4-5,8-11,15H2,1-3H3. The predicted octanol–water partition coefficient (Wildman–Crippen LogP) is 3.02. The molecule has 1 aromatic carbocycles. The quantitative estimate of drug-likeness (QED) is 0.447. The van der Waals surface area contributed by atoms with E-state index in [0.717, 1.165) is 55.5 Å². The summed E-state index contributed by atoms with van der Waals surface area (Å²) in [6.07, 6.45) is 6.21. The van der Waals surface area contributed by atoms with Crippen molar-refractivity contribution < 1.29 is 9.47 Å². The fourth-order valence-electron chi connectivity index (χ4n) is 3.70. The molecule has 0 fully saturated rings. The van der Waals surface area contributed by atoms with E-state index in [4.69, 9.17) is 14.5 Å². The smallest absolute Gasteiger partial charge is 0.265 e. The Morgan fingerprint density at radius 2 is 1.97 bits per heavy atom. The van der Waals surface area contributed by atoms with Crippen molar-refractivity contribution in [3.8, 4) is 17.4 Å². The molecule has 4 rings (SSSR count). The van der Waals surface area contributed by atoms with Gasteiger partial charge in [-0.15, -0.1) is 4.37 Å². The van der Waals surface area contributed by atoms with E-state index in [9.17, 15) is 0 Å². The molecule has 1 aliphatic heterocycles. The summed E-state index contributed by atoms with van der Waals surface area (Å²) in [4.78, 5) is 13.5. The van der Waals surface area contributed by atoms with Gasteiger partial charge in [0.2, 0.25) is 11.9 Å². The maximum Gasteiger partial charge on any atom is 0.265 e. The van der Waals surface area contributed by atoms with E-state index in [-0.39, 0.29) is 0 Å². The van der Waals surface area contributed by atoms with Gasteiger partial charge in [-0.05, 0) is 44.0 Å². The second kappa shape index (κ2) is 10.1. The van der Waals surface area contributed by atoms with Crippen LogP contribution in [0.25, 0.3) is 5.95 Å². The van der Waals surface area contributed by atoms with Gasteiger partial charge in [-0.1, -0.05) is 19.9 Å². The van der Waals surface area contributed by atoms with E-state index in [2.05, 4.69) is 57.3 Å². The van der Waals surface area contributed by atoms with Crippen LogP contribution in [-0.2, 0) is 6.42 Å². The Morgan fingerprint density at radius 1 is 1.13 bits per heavy atom. The van der Waals surface area contributed by atoms with Gasteiger partial charge in [0.15, 0.2) is 11.5 Å². The molecule has 0 aliphatic carbocycles. The first-order chi connectivity index (χ1) is 15.2. The normalized spacial score (nSPS) is 12.8. The van der Waals surface area contributed by atoms with E-state index in [1.54, 1.807) is 11.0 Å². The van der Waals surface area contributed by atoms with Crippen molar-refractivity contribution in [3.05, 3.63) is 36.4 Å². The monoisotopic (exact) mass is 443 g/mol. The SMILES string of the molecule is CCC(CC)N(CCN(C)CCc1ccc2c(c1)OCO2)c1nc(-n2cncn2)ns1. The molecule has 9 nitrogen and oxygen atoms in total. The molecule has 3 heterocycles. The van der Waals surface area contributed by atoms with Crippen LogP contribution < -0.4 is 14.4 Å². The van der Waals surface area contributed by atoms with Gasteiger partial charge >= 0.3 is 0 Å². The van der Waals surface area contributed by atoms with Gasteiger partial charge in [0, 0.05) is 37.2 Å². The summed E-state index contributed by atoms with van der Waals surface area (Å²) in [5.41, 5.74) is 1.26. The molecule has 10 heteroatoms. The third-order valence-electron chi connectivity index (χ3n) is 5.60. The number of benzene rings is 1. The second-order valence-corrected chi connectivity index (χ2v) is 8.35. The number of fused-ring (bicyclic) bond motifs is 1. The molecule has 1 aliphatic rings. The van der Waals surface area contributed by atoms with Crippen molar-refractivity contribution in [3.63, 3.8) is 0 Å². The van der Waals surface area contributed by atoms with Gasteiger partial charge in [0.25, 0.3) is 5.95 Å². The number of anilines is 1. The van der Waals surface area contributed by atoms with E-state index in [0.29, 0.717) is 18.8 Å². The molecule has 0 N–H and O–H groups in total. The topological polar surface area (TPSA) is 81.4 Å². The molecule has 0 amide bonds. The fourth-order valence-corrected chi connectivity index (χ4v) is 4.46. The first kappa shape index (κ1) is 21.5. The number of ether oxygens (including phenoxy) is 2. The summed E-state index contributed by atoms with van der Waals surface area (Å²) in [5, 5.41) is 5.07. The van der Waals surface area contributed by atoms with Crippen LogP contribution in [0.1, 0.15) is 32.3 Å². The molecule has 166 valence electrons. The van der Waals surface area contributed by atoms with E-state index >= 15 is 0 Å². The Labute approximate surface area is 186 Å².